The van der Waals surface area contributed by atoms with Gasteiger partial charge in [0.25, 0.3) is 0 Å². The van der Waals surface area contributed by atoms with Crippen LogP contribution >= 0.6 is 0 Å². The van der Waals surface area contributed by atoms with E-state index in [0.717, 1.165) is 37.4 Å². The molecular weight excluding hydrogens is 212 g/mol. The van der Waals surface area contributed by atoms with Crippen LogP contribution in [0.3, 0.4) is 0 Å². The molecule has 0 aromatic carbocycles. The summed E-state index contributed by atoms with van der Waals surface area (Å²) in [6.07, 6.45) is 3.79. The molecule has 2 rings (SSSR count). The zero-order valence-electron chi connectivity index (χ0n) is 11.0. The highest BCUT2D eigenvalue weighted by Crippen LogP contribution is 2.29. The Morgan fingerprint density at radius 1 is 1.41 bits per heavy atom. The van der Waals surface area contributed by atoms with Crippen LogP contribution in [0.5, 0.6) is 0 Å². The third-order valence-electron chi connectivity index (χ3n) is 3.66. The molecule has 0 bridgehead atoms. The molecule has 4 nitrogen and oxygen atoms in total. The number of nitrogens with zero attached hydrogens (tertiary/aromatic N) is 3. The van der Waals surface area contributed by atoms with E-state index in [2.05, 4.69) is 41.7 Å². The van der Waals surface area contributed by atoms with Gasteiger partial charge in [-0.2, -0.15) is 0 Å². The first-order chi connectivity index (χ1) is 8.05. The van der Waals surface area contributed by atoms with Crippen LogP contribution in [0.25, 0.3) is 0 Å². The Balaban J connectivity index is 2.03. The Morgan fingerprint density at radius 2 is 2.12 bits per heavy atom. The number of nitrogens with two attached hydrogens (primary N) is 1. The van der Waals surface area contributed by atoms with E-state index in [0.29, 0.717) is 5.92 Å². The van der Waals surface area contributed by atoms with Crippen molar-refractivity contribution < 1.29 is 0 Å². The molecule has 17 heavy (non-hydrogen) atoms. The van der Waals surface area contributed by atoms with E-state index in [1.807, 2.05) is 0 Å². The van der Waals surface area contributed by atoms with Crippen molar-refractivity contribution in [1.29, 1.82) is 0 Å². The first-order valence-corrected chi connectivity index (χ1v) is 6.40. The lowest BCUT2D eigenvalue weighted by Gasteiger charge is -2.51. The second kappa shape index (κ2) is 4.61. The fraction of sp³-hybridized carbons (Fsp3) is 0.692. The largest absolute Gasteiger partial charge is 0.353 e. The lowest BCUT2D eigenvalue weighted by molar-refractivity contribution is 0.243. The molecule has 1 aliphatic rings. The highest BCUT2D eigenvalue weighted by molar-refractivity contribution is 5.45. The lowest BCUT2D eigenvalue weighted by Crippen LogP contribution is -2.70. The van der Waals surface area contributed by atoms with Crippen molar-refractivity contribution in [3.8, 4) is 0 Å². The van der Waals surface area contributed by atoms with Crippen molar-refractivity contribution in [2.45, 2.75) is 39.2 Å². The predicted molar refractivity (Wildman–Crippen MR) is 70.0 cm³/mol. The third-order valence-corrected chi connectivity index (χ3v) is 3.66. The normalized spacial score (nSPS) is 18.3. The summed E-state index contributed by atoms with van der Waals surface area (Å²) in [6, 6.07) is 2.09. The SMILES string of the molecule is CCCc1cc(N2CC(N)(C(C)C)C2)ncn1. The molecule has 1 aromatic heterocycles. The number of rotatable bonds is 4. The van der Waals surface area contributed by atoms with Gasteiger partial charge in [-0.25, -0.2) is 9.97 Å². The topological polar surface area (TPSA) is 55.0 Å². The van der Waals surface area contributed by atoms with Gasteiger partial charge in [-0.15, -0.1) is 0 Å². The van der Waals surface area contributed by atoms with Crippen molar-refractivity contribution in [1.82, 2.24) is 9.97 Å². The van der Waals surface area contributed by atoms with Crippen molar-refractivity contribution in [2.75, 3.05) is 18.0 Å². The minimum atomic E-state index is -0.0458. The molecule has 0 unspecified atom stereocenters. The smallest absolute Gasteiger partial charge is 0.132 e. The van der Waals surface area contributed by atoms with Crippen LogP contribution in [-0.4, -0.2) is 28.6 Å². The average Bonchev–Trinajstić information content (AvgIpc) is 2.25. The van der Waals surface area contributed by atoms with E-state index in [1.54, 1.807) is 6.33 Å². The van der Waals surface area contributed by atoms with Gasteiger partial charge in [0, 0.05) is 24.8 Å². The van der Waals surface area contributed by atoms with Crippen LogP contribution < -0.4 is 10.6 Å². The predicted octanol–water partition coefficient (Wildman–Crippen LogP) is 1.60. The van der Waals surface area contributed by atoms with Crippen molar-refractivity contribution in [3.05, 3.63) is 18.1 Å². The minimum absolute atomic E-state index is 0.0458. The summed E-state index contributed by atoms with van der Waals surface area (Å²) in [5.74, 6) is 1.53. The van der Waals surface area contributed by atoms with E-state index < -0.39 is 0 Å². The molecule has 4 heteroatoms. The van der Waals surface area contributed by atoms with Gasteiger partial charge in [-0.3, -0.25) is 0 Å². The number of hydrogen-bond acceptors (Lipinski definition) is 4. The van der Waals surface area contributed by atoms with Gasteiger partial charge >= 0.3 is 0 Å². The van der Waals surface area contributed by atoms with Crippen molar-refractivity contribution in [3.63, 3.8) is 0 Å². The molecule has 0 radical (unpaired) electrons. The molecule has 0 spiro atoms. The van der Waals surface area contributed by atoms with Crippen LogP contribution in [0.2, 0.25) is 0 Å². The highest BCUT2D eigenvalue weighted by Gasteiger charge is 2.42. The zero-order valence-corrected chi connectivity index (χ0v) is 11.0. The van der Waals surface area contributed by atoms with Crippen LogP contribution in [-0.2, 0) is 6.42 Å². The van der Waals surface area contributed by atoms with Crippen LogP contribution in [0.4, 0.5) is 5.82 Å². The fourth-order valence-corrected chi connectivity index (χ4v) is 2.14. The van der Waals surface area contributed by atoms with Gasteiger partial charge in [0.1, 0.15) is 12.1 Å². The molecule has 0 saturated carbocycles. The fourth-order valence-electron chi connectivity index (χ4n) is 2.14. The molecule has 94 valence electrons. The zero-order chi connectivity index (χ0) is 12.5. The van der Waals surface area contributed by atoms with Gasteiger partial charge in [0.05, 0.1) is 5.54 Å². The maximum Gasteiger partial charge on any atom is 0.132 e. The summed E-state index contributed by atoms with van der Waals surface area (Å²) in [5.41, 5.74) is 7.36. The highest BCUT2D eigenvalue weighted by atomic mass is 15.3. The van der Waals surface area contributed by atoms with Crippen molar-refractivity contribution in [2.24, 2.45) is 11.7 Å². The molecule has 1 aromatic rings. The number of aromatic nitrogens is 2. The van der Waals surface area contributed by atoms with Crippen LogP contribution in [0, 0.1) is 5.92 Å². The van der Waals surface area contributed by atoms with Crippen molar-refractivity contribution >= 4 is 5.82 Å². The molecule has 2 heterocycles. The molecule has 0 amide bonds. The third kappa shape index (κ3) is 2.41. The second-order valence-electron chi connectivity index (χ2n) is 5.36. The van der Waals surface area contributed by atoms with Gasteiger partial charge in [0.2, 0.25) is 0 Å². The Kier molecular flexibility index (Phi) is 3.33. The van der Waals surface area contributed by atoms with E-state index in [1.165, 1.54) is 0 Å². The maximum absolute atomic E-state index is 6.29. The monoisotopic (exact) mass is 234 g/mol. The average molecular weight is 234 g/mol. The molecule has 1 saturated heterocycles. The molecule has 0 aliphatic carbocycles. The van der Waals surface area contributed by atoms with E-state index in [-0.39, 0.29) is 5.54 Å². The number of aryl methyl sites for hydroxylation is 1. The summed E-state index contributed by atoms with van der Waals surface area (Å²) in [6.45, 7) is 8.31. The molecule has 1 aliphatic heterocycles. The standard InChI is InChI=1S/C13H22N4/c1-4-5-11-6-12(16-9-15-11)17-7-13(14,8-17)10(2)3/h6,9-10H,4-5,7-8,14H2,1-3H3. The van der Waals surface area contributed by atoms with E-state index in [4.69, 9.17) is 5.73 Å². The Labute approximate surface area is 103 Å². The lowest BCUT2D eigenvalue weighted by atomic mass is 9.80. The first-order valence-electron chi connectivity index (χ1n) is 6.40. The summed E-state index contributed by atoms with van der Waals surface area (Å²) in [5, 5.41) is 0. The molecular formula is C13H22N4. The number of hydrogen-bond donors (Lipinski definition) is 1. The molecule has 2 N–H and O–H groups in total. The maximum atomic E-state index is 6.29. The van der Waals surface area contributed by atoms with E-state index >= 15 is 0 Å². The Morgan fingerprint density at radius 3 is 2.71 bits per heavy atom. The van der Waals surface area contributed by atoms with Gasteiger partial charge in [-0.05, 0) is 12.3 Å². The minimum Gasteiger partial charge on any atom is -0.353 e. The van der Waals surface area contributed by atoms with E-state index in [9.17, 15) is 0 Å². The van der Waals surface area contributed by atoms with Gasteiger partial charge in [-0.1, -0.05) is 27.2 Å². The summed E-state index contributed by atoms with van der Waals surface area (Å²) >= 11 is 0. The summed E-state index contributed by atoms with van der Waals surface area (Å²) < 4.78 is 0. The van der Waals surface area contributed by atoms with Gasteiger partial charge < -0.3 is 10.6 Å². The summed E-state index contributed by atoms with van der Waals surface area (Å²) in [7, 11) is 0. The van der Waals surface area contributed by atoms with Crippen LogP contribution in [0.15, 0.2) is 12.4 Å². The van der Waals surface area contributed by atoms with Gasteiger partial charge in [0.15, 0.2) is 0 Å². The summed E-state index contributed by atoms with van der Waals surface area (Å²) in [4.78, 5) is 10.8. The Bertz CT molecular complexity index is 383. The number of anilines is 1. The second-order valence-corrected chi connectivity index (χ2v) is 5.36. The Hall–Kier alpha value is -1.16. The quantitative estimate of drug-likeness (QED) is 0.860. The molecule has 1 fully saturated rings. The molecule has 0 atom stereocenters. The van der Waals surface area contributed by atoms with Crippen LogP contribution in [0.1, 0.15) is 32.9 Å². The first kappa shape index (κ1) is 12.3.